The molecule has 0 fully saturated rings. The molecule has 5 N–H and O–H groups in total. The maximum Gasteiger partial charge on any atom is 0.235 e. The molecule has 1 amide bonds. The smallest absolute Gasteiger partial charge is 0.235 e. The molecule has 14 heavy (non-hydrogen) atoms. The fraction of sp³-hybridized carbons (Fsp3) is 0.444. The van der Waals surface area contributed by atoms with Gasteiger partial charge in [0.25, 0.3) is 0 Å². The molecule has 0 aliphatic heterocycles. The van der Waals surface area contributed by atoms with Crippen LogP contribution in [-0.4, -0.2) is 18.5 Å². The lowest BCUT2D eigenvalue weighted by Crippen LogP contribution is -2.44. The van der Waals surface area contributed by atoms with Crippen molar-refractivity contribution < 1.29 is 4.79 Å². The quantitative estimate of drug-likeness (QED) is 0.654. The molecule has 0 spiro atoms. The molecule has 2 atom stereocenters. The summed E-state index contributed by atoms with van der Waals surface area (Å²) >= 11 is 1.67. The Morgan fingerprint density at radius 1 is 1.71 bits per heavy atom. The van der Waals surface area contributed by atoms with Gasteiger partial charge in [0, 0.05) is 17.5 Å². The van der Waals surface area contributed by atoms with Crippen molar-refractivity contribution in [2.75, 3.05) is 6.54 Å². The zero-order chi connectivity index (χ0) is 10.6. The molecule has 0 bridgehead atoms. The monoisotopic (exact) mass is 213 g/mol. The average molecular weight is 213 g/mol. The first-order chi connectivity index (χ1) is 6.61. The predicted octanol–water partition coefficient (Wildman–Crippen LogP) is 0.211. The van der Waals surface area contributed by atoms with Gasteiger partial charge in [-0.2, -0.15) is 0 Å². The normalized spacial score (nSPS) is 15.0. The average Bonchev–Trinajstić information content (AvgIpc) is 2.66. The zero-order valence-corrected chi connectivity index (χ0v) is 8.88. The van der Waals surface area contributed by atoms with E-state index in [9.17, 15) is 4.79 Å². The Balaban J connectivity index is 2.35. The lowest BCUT2D eigenvalue weighted by atomic mass is 10.2. The number of nitrogens with two attached hydrogens (primary N) is 2. The Morgan fingerprint density at radius 3 is 2.93 bits per heavy atom. The molecule has 0 aliphatic rings. The Kier molecular flexibility index (Phi) is 4.06. The van der Waals surface area contributed by atoms with E-state index < -0.39 is 11.9 Å². The fourth-order valence-corrected chi connectivity index (χ4v) is 1.80. The van der Waals surface area contributed by atoms with Gasteiger partial charge >= 0.3 is 0 Å². The molecule has 0 saturated heterocycles. The van der Waals surface area contributed by atoms with Gasteiger partial charge in [-0.05, 0) is 18.4 Å². The summed E-state index contributed by atoms with van der Waals surface area (Å²) in [5, 5.41) is 5.17. The molecule has 5 heteroatoms. The van der Waals surface area contributed by atoms with E-state index in [1.165, 1.54) is 4.88 Å². The van der Waals surface area contributed by atoms with Crippen LogP contribution in [0.4, 0.5) is 0 Å². The van der Waals surface area contributed by atoms with Crippen molar-refractivity contribution in [2.24, 2.45) is 11.5 Å². The number of primary amides is 1. The van der Waals surface area contributed by atoms with E-state index in [2.05, 4.69) is 5.32 Å². The highest BCUT2D eigenvalue weighted by Gasteiger charge is 2.11. The van der Waals surface area contributed by atoms with Crippen LogP contribution in [0.25, 0.3) is 0 Å². The summed E-state index contributed by atoms with van der Waals surface area (Å²) in [6, 6.07) is 3.63. The number of carbonyl (C=O) groups is 1. The van der Waals surface area contributed by atoms with E-state index in [0.29, 0.717) is 6.54 Å². The van der Waals surface area contributed by atoms with E-state index in [1.807, 2.05) is 24.4 Å². The number of rotatable bonds is 5. The number of thiophene rings is 1. The molecule has 1 rings (SSSR count). The number of hydrogen-bond acceptors (Lipinski definition) is 4. The summed E-state index contributed by atoms with van der Waals surface area (Å²) in [7, 11) is 0. The van der Waals surface area contributed by atoms with Crippen LogP contribution in [0.5, 0.6) is 0 Å². The van der Waals surface area contributed by atoms with Gasteiger partial charge in [0.05, 0.1) is 6.04 Å². The van der Waals surface area contributed by atoms with Crippen LogP contribution in [-0.2, 0) is 4.79 Å². The van der Waals surface area contributed by atoms with Gasteiger partial charge in [-0.3, -0.25) is 4.79 Å². The molecule has 1 unspecified atom stereocenters. The molecule has 78 valence electrons. The van der Waals surface area contributed by atoms with Gasteiger partial charge in [-0.1, -0.05) is 6.07 Å². The van der Waals surface area contributed by atoms with Gasteiger partial charge in [0.2, 0.25) is 5.91 Å². The molecule has 0 radical (unpaired) electrons. The third kappa shape index (κ3) is 3.10. The second-order valence-electron chi connectivity index (χ2n) is 3.15. The van der Waals surface area contributed by atoms with Crippen LogP contribution < -0.4 is 16.8 Å². The summed E-state index contributed by atoms with van der Waals surface area (Å²) in [5.74, 6) is -0.476. The number of amides is 1. The van der Waals surface area contributed by atoms with Crippen LogP contribution in [0.15, 0.2) is 17.5 Å². The molecular weight excluding hydrogens is 198 g/mol. The second kappa shape index (κ2) is 5.09. The molecule has 1 aromatic heterocycles. The lowest BCUT2D eigenvalue weighted by Gasteiger charge is -2.14. The van der Waals surface area contributed by atoms with Crippen LogP contribution >= 0.6 is 11.3 Å². The second-order valence-corrected chi connectivity index (χ2v) is 4.13. The van der Waals surface area contributed by atoms with Gasteiger partial charge in [0.1, 0.15) is 0 Å². The predicted molar refractivity (Wildman–Crippen MR) is 57.9 cm³/mol. The molecule has 1 aromatic rings. The van der Waals surface area contributed by atoms with Gasteiger partial charge in [0.15, 0.2) is 0 Å². The molecule has 0 aliphatic carbocycles. The molecule has 1 heterocycles. The third-order valence-corrected chi connectivity index (χ3v) is 3.03. The SMILES string of the molecule is C[C@@H](NCC(N)C(N)=O)c1cccs1. The first kappa shape index (κ1) is 11.2. The van der Waals surface area contributed by atoms with Crippen molar-refractivity contribution in [3.63, 3.8) is 0 Å². The topological polar surface area (TPSA) is 81.1 Å². The van der Waals surface area contributed by atoms with Gasteiger partial charge < -0.3 is 16.8 Å². The van der Waals surface area contributed by atoms with Crippen molar-refractivity contribution in [2.45, 2.75) is 19.0 Å². The minimum Gasteiger partial charge on any atom is -0.368 e. The van der Waals surface area contributed by atoms with Gasteiger partial charge in [-0.25, -0.2) is 0 Å². The van der Waals surface area contributed by atoms with Crippen molar-refractivity contribution in [3.8, 4) is 0 Å². The number of nitrogens with one attached hydrogen (secondary N) is 1. The van der Waals surface area contributed by atoms with Crippen molar-refractivity contribution >= 4 is 17.2 Å². The molecule has 4 nitrogen and oxygen atoms in total. The Morgan fingerprint density at radius 2 is 2.43 bits per heavy atom. The maximum absolute atomic E-state index is 10.7. The standard InChI is InChI=1S/C9H15N3OS/c1-6(8-3-2-4-14-8)12-5-7(10)9(11)13/h2-4,6-7,12H,5,10H2,1H3,(H2,11,13)/t6-,7?/m1/s1. The summed E-state index contributed by atoms with van der Waals surface area (Å²) in [6.45, 7) is 2.44. The third-order valence-electron chi connectivity index (χ3n) is 1.98. The number of hydrogen-bond donors (Lipinski definition) is 3. The van der Waals surface area contributed by atoms with E-state index in [1.54, 1.807) is 11.3 Å². The highest BCUT2D eigenvalue weighted by Crippen LogP contribution is 2.17. The molecular formula is C9H15N3OS. The van der Waals surface area contributed by atoms with Crippen molar-refractivity contribution in [3.05, 3.63) is 22.4 Å². The first-order valence-electron chi connectivity index (χ1n) is 4.43. The van der Waals surface area contributed by atoms with E-state index in [-0.39, 0.29) is 6.04 Å². The van der Waals surface area contributed by atoms with Gasteiger partial charge in [-0.15, -0.1) is 11.3 Å². The van der Waals surface area contributed by atoms with Crippen LogP contribution in [0.2, 0.25) is 0 Å². The summed E-state index contributed by atoms with van der Waals surface area (Å²) < 4.78 is 0. The maximum atomic E-state index is 10.7. The van der Waals surface area contributed by atoms with Crippen LogP contribution in [0.1, 0.15) is 17.8 Å². The zero-order valence-electron chi connectivity index (χ0n) is 8.07. The van der Waals surface area contributed by atoms with E-state index in [4.69, 9.17) is 11.5 Å². The Hall–Kier alpha value is -0.910. The van der Waals surface area contributed by atoms with Crippen molar-refractivity contribution in [1.29, 1.82) is 0 Å². The first-order valence-corrected chi connectivity index (χ1v) is 5.31. The molecule has 0 aromatic carbocycles. The number of carbonyl (C=O) groups excluding carboxylic acids is 1. The highest BCUT2D eigenvalue weighted by molar-refractivity contribution is 7.10. The van der Waals surface area contributed by atoms with Crippen LogP contribution in [0.3, 0.4) is 0 Å². The van der Waals surface area contributed by atoms with E-state index in [0.717, 1.165) is 0 Å². The summed E-state index contributed by atoms with van der Waals surface area (Å²) in [6.07, 6.45) is 0. The largest absolute Gasteiger partial charge is 0.368 e. The van der Waals surface area contributed by atoms with Crippen LogP contribution in [0, 0.1) is 0 Å². The Bertz CT molecular complexity index is 286. The summed E-state index contributed by atoms with van der Waals surface area (Å²) in [4.78, 5) is 11.9. The Labute approximate surface area is 87.3 Å². The molecule has 0 saturated carbocycles. The fourth-order valence-electron chi connectivity index (χ4n) is 1.04. The minimum absolute atomic E-state index is 0.209. The highest BCUT2D eigenvalue weighted by atomic mass is 32.1. The minimum atomic E-state index is -0.614. The van der Waals surface area contributed by atoms with E-state index >= 15 is 0 Å². The lowest BCUT2D eigenvalue weighted by molar-refractivity contribution is -0.119. The summed E-state index contributed by atoms with van der Waals surface area (Å²) in [5.41, 5.74) is 10.5. The van der Waals surface area contributed by atoms with Crippen molar-refractivity contribution in [1.82, 2.24) is 5.32 Å².